The molecule has 0 spiro atoms. The van der Waals surface area contributed by atoms with Crippen molar-refractivity contribution in [3.63, 3.8) is 0 Å². The lowest BCUT2D eigenvalue weighted by Crippen LogP contribution is -2.35. The molecule has 0 bridgehead atoms. The Morgan fingerprint density at radius 2 is 2.09 bits per heavy atom. The fraction of sp³-hybridized carbons (Fsp3) is 0.400. The minimum absolute atomic E-state index is 0.180. The molecule has 114 valence electrons. The van der Waals surface area contributed by atoms with Crippen LogP contribution in [0.25, 0.3) is 5.82 Å². The summed E-state index contributed by atoms with van der Waals surface area (Å²) in [4.78, 5) is 20.4. The number of hydrogen-bond acceptors (Lipinski definition) is 3. The van der Waals surface area contributed by atoms with E-state index in [9.17, 15) is 13.6 Å². The van der Waals surface area contributed by atoms with Crippen LogP contribution in [0.3, 0.4) is 0 Å². The van der Waals surface area contributed by atoms with Crippen LogP contribution in [0, 0.1) is 11.8 Å². The van der Waals surface area contributed by atoms with Crippen molar-refractivity contribution in [2.24, 2.45) is 11.8 Å². The van der Waals surface area contributed by atoms with E-state index in [1.54, 1.807) is 41.5 Å². The van der Waals surface area contributed by atoms with E-state index in [1.165, 1.54) is 0 Å². The summed E-state index contributed by atoms with van der Waals surface area (Å²) >= 11 is 0. The van der Waals surface area contributed by atoms with Gasteiger partial charge in [0.2, 0.25) is 0 Å². The number of aromatic nitrogens is 3. The minimum atomic E-state index is -2.51. The first-order valence-corrected chi connectivity index (χ1v) is 7.20. The quantitative estimate of drug-likeness (QED) is 0.944. The number of pyridine rings is 1. The average Bonchev–Trinajstić information content (AvgIpc) is 2.99. The van der Waals surface area contributed by atoms with Crippen molar-refractivity contribution in [2.75, 3.05) is 0 Å². The van der Waals surface area contributed by atoms with E-state index in [2.05, 4.69) is 15.3 Å². The predicted octanol–water partition coefficient (Wildman–Crippen LogP) is 2.04. The highest BCUT2D eigenvalue weighted by Gasteiger charge is 2.71. The third kappa shape index (κ3) is 2.08. The first kappa shape index (κ1) is 13.4. The van der Waals surface area contributed by atoms with Gasteiger partial charge < -0.3 is 5.32 Å². The van der Waals surface area contributed by atoms with Crippen LogP contribution in [0.5, 0.6) is 0 Å². The largest absolute Gasteiger partial charge is 0.348 e. The molecule has 2 fully saturated rings. The van der Waals surface area contributed by atoms with Gasteiger partial charge in [-0.25, -0.2) is 18.7 Å². The van der Waals surface area contributed by atoms with Crippen LogP contribution in [0.4, 0.5) is 8.78 Å². The molecule has 0 aromatic carbocycles. The van der Waals surface area contributed by atoms with E-state index in [4.69, 9.17) is 0 Å². The van der Waals surface area contributed by atoms with Gasteiger partial charge >= 0.3 is 0 Å². The van der Waals surface area contributed by atoms with Gasteiger partial charge in [-0.15, -0.1) is 0 Å². The predicted molar refractivity (Wildman–Crippen MR) is 73.8 cm³/mol. The number of imidazole rings is 1. The van der Waals surface area contributed by atoms with Gasteiger partial charge in [0.15, 0.2) is 0 Å². The fourth-order valence-electron chi connectivity index (χ4n) is 3.28. The number of rotatable bonds is 3. The molecule has 5 nitrogen and oxygen atoms in total. The number of hydrogen-bond donors (Lipinski definition) is 1. The van der Waals surface area contributed by atoms with Crippen LogP contribution in [-0.4, -0.2) is 32.4 Å². The van der Waals surface area contributed by atoms with E-state index in [0.717, 1.165) is 0 Å². The van der Waals surface area contributed by atoms with Crippen LogP contribution in [0.15, 0.2) is 36.9 Å². The summed E-state index contributed by atoms with van der Waals surface area (Å²) in [6.07, 6.45) is 5.65. The lowest BCUT2D eigenvalue weighted by molar-refractivity contribution is 0.0648. The van der Waals surface area contributed by atoms with Crippen molar-refractivity contribution in [3.05, 3.63) is 42.6 Å². The number of nitrogens with one attached hydrogen (secondary N) is 1. The second kappa shape index (κ2) is 4.59. The Morgan fingerprint density at radius 3 is 2.77 bits per heavy atom. The molecule has 0 radical (unpaired) electrons. The molecule has 2 heterocycles. The first-order valence-electron chi connectivity index (χ1n) is 7.20. The summed E-state index contributed by atoms with van der Waals surface area (Å²) in [5.41, 5.74) is 0.276. The normalized spacial score (nSPS) is 28.2. The Balaban J connectivity index is 1.44. The van der Waals surface area contributed by atoms with Crippen LogP contribution in [-0.2, 0) is 0 Å². The zero-order valence-electron chi connectivity index (χ0n) is 11.6. The SMILES string of the molecule is O=C(NC1CC2C(C1)C2(F)F)c1cccc(-n2ccnc2)n1. The molecule has 2 atom stereocenters. The standard InChI is InChI=1S/C15H14F2N4O/c16-15(17)10-6-9(7-11(10)15)19-14(22)12-2-1-3-13(20-12)21-5-4-18-8-21/h1-5,8-11H,6-7H2,(H,19,22). The molecular weight excluding hydrogens is 290 g/mol. The lowest BCUT2D eigenvalue weighted by Gasteiger charge is -2.16. The minimum Gasteiger partial charge on any atom is -0.348 e. The zero-order valence-corrected chi connectivity index (χ0v) is 11.6. The van der Waals surface area contributed by atoms with Gasteiger partial charge in [-0.05, 0) is 25.0 Å². The summed E-state index contributed by atoms with van der Waals surface area (Å²) in [6, 6.07) is 4.93. The van der Waals surface area contributed by atoms with E-state index < -0.39 is 17.8 Å². The van der Waals surface area contributed by atoms with Gasteiger partial charge in [-0.2, -0.15) is 0 Å². The Kier molecular flexibility index (Phi) is 2.79. The highest BCUT2D eigenvalue weighted by atomic mass is 19.3. The number of carbonyl (C=O) groups excluding carboxylic acids is 1. The summed E-state index contributed by atoms with van der Waals surface area (Å²) in [5, 5.41) is 2.81. The van der Waals surface area contributed by atoms with Crippen LogP contribution >= 0.6 is 0 Å². The van der Waals surface area contributed by atoms with Gasteiger partial charge in [-0.1, -0.05) is 6.07 Å². The van der Waals surface area contributed by atoms with Gasteiger partial charge in [0.05, 0.1) is 0 Å². The molecule has 2 aromatic heterocycles. The topological polar surface area (TPSA) is 59.8 Å². The fourth-order valence-corrected chi connectivity index (χ4v) is 3.28. The molecule has 2 saturated carbocycles. The summed E-state index contributed by atoms with van der Waals surface area (Å²) in [5.74, 6) is -3.35. The molecule has 22 heavy (non-hydrogen) atoms. The maximum Gasteiger partial charge on any atom is 0.270 e. The van der Waals surface area contributed by atoms with Crippen LogP contribution < -0.4 is 5.32 Å². The maximum atomic E-state index is 13.2. The molecule has 0 aliphatic heterocycles. The molecular formula is C15H14F2N4O. The molecule has 4 rings (SSSR count). The number of halogens is 2. The van der Waals surface area contributed by atoms with Crippen molar-refractivity contribution >= 4 is 5.91 Å². The number of nitrogens with zero attached hydrogens (tertiary/aromatic N) is 3. The number of fused-ring (bicyclic) bond motifs is 1. The van der Waals surface area contributed by atoms with Crippen molar-refractivity contribution in [2.45, 2.75) is 24.8 Å². The number of amides is 1. The van der Waals surface area contributed by atoms with Crippen LogP contribution in [0.1, 0.15) is 23.3 Å². The van der Waals surface area contributed by atoms with E-state index in [0.29, 0.717) is 18.7 Å². The molecule has 2 aliphatic carbocycles. The van der Waals surface area contributed by atoms with Gasteiger partial charge in [0, 0.05) is 30.3 Å². The Bertz CT molecular complexity index is 702. The Morgan fingerprint density at radius 1 is 1.32 bits per heavy atom. The van der Waals surface area contributed by atoms with Gasteiger partial charge in [0.1, 0.15) is 17.8 Å². The molecule has 0 saturated heterocycles. The highest BCUT2D eigenvalue weighted by Crippen LogP contribution is 2.63. The van der Waals surface area contributed by atoms with E-state index in [1.807, 2.05) is 0 Å². The van der Waals surface area contributed by atoms with Crippen molar-refractivity contribution < 1.29 is 13.6 Å². The second-order valence-corrected chi connectivity index (χ2v) is 5.88. The van der Waals surface area contributed by atoms with E-state index in [-0.39, 0.29) is 17.6 Å². The third-order valence-electron chi connectivity index (χ3n) is 4.51. The smallest absolute Gasteiger partial charge is 0.270 e. The van der Waals surface area contributed by atoms with Crippen LogP contribution in [0.2, 0.25) is 0 Å². The summed E-state index contributed by atoms with van der Waals surface area (Å²) in [6.45, 7) is 0. The van der Waals surface area contributed by atoms with Gasteiger partial charge in [0.25, 0.3) is 11.8 Å². The summed E-state index contributed by atoms with van der Waals surface area (Å²) < 4.78 is 28.0. The van der Waals surface area contributed by atoms with Crippen molar-refractivity contribution in [1.82, 2.24) is 19.9 Å². The Hall–Kier alpha value is -2.31. The highest BCUT2D eigenvalue weighted by molar-refractivity contribution is 5.92. The van der Waals surface area contributed by atoms with Gasteiger partial charge in [-0.3, -0.25) is 9.36 Å². The second-order valence-electron chi connectivity index (χ2n) is 5.88. The third-order valence-corrected chi connectivity index (χ3v) is 4.51. The first-order chi connectivity index (χ1) is 10.6. The molecule has 2 aromatic rings. The molecule has 1 amide bonds. The number of alkyl halides is 2. The Labute approximate surface area is 125 Å². The molecule has 2 unspecified atom stereocenters. The van der Waals surface area contributed by atoms with Crippen molar-refractivity contribution in [3.8, 4) is 5.82 Å². The zero-order chi connectivity index (χ0) is 15.3. The monoisotopic (exact) mass is 304 g/mol. The maximum absolute atomic E-state index is 13.2. The van der Waals surface area contributed by atoms with E-state index >= 15 is 0 Å². The van der Waals surface area contributed by atoms with Crippen molar-refractivity contribution in [1.29, 1.82) is 0 Å². The molecule has 2 aliphatic rings. The summed E-state index contributed by atoms with van der Waals surface area (Å²) in [7, 11) is 0. The molecule has 7 heteroatoms. The lowest BCUT2D eigenvalue weighted by atomic mass is 10.1. The number of carbonyl (C=O) groups is 1. The molecule has 1 N–H and O–H groups in total. The average molecular weight is 304 g/mol.